The molecule has 0 saturated carbocycles. The molecule has 2 heterocycles. The van der Waals surface area contributed by atoms with Gasteiger partial charge in [-0.25, -0.2) is 0 Å². The molecule has 0 radical (unpaired) electrons. The van der Waals surface area contributed by atoms with Gasteiger partial charge in [0.2, 0.25) is 0 Å². The number of benzene rings is 1. The number of fused-ring (bicyclic) bond motifs is 1. The Morgan fingerprint density at radius 1 is 1.15 bits per heavy atom. The smallest absolute Gasteiger partial charge is 0.177 e. The molecule has 20 heavy (non-hydrogen) atoms. The molecule has 0 saturated heterocycles. The van der Waals surface area contributed by atoms with Gasteiger partial charge in [-0.3, -0.25) is 0 Å². The van der Waals surface area contributed by atoms with Crippen molar-refractivity contribution in [2.45, 2.75) is 12.8 Å². The molecule has 0 amide bonds. The molecular formula is C15H17N5. The molecule has 1 atom stereocenters. The van der Waals surface area contributed by atoms with E-state index in [2.05, 4.69) is 58.4 Å². The van der Waals surface area contributed by atoms with Gasteiger partial charge in [0.1, 0.15) is 12.1 Å². The molecule has 1 aromatic carbocycles. The second-order valence-corrected chi connectivity index (χ2v) is 5.02. The van der Waals surface area contributed by atoms with Crippen molar-refractivity contribution >= 4 is 11.5 Å². The summed E-state index contributed by atoms with van der Waals surface area (Å²) < 4.78 is 1.69. The highest BCUT2D eigenvalue weighted by atomic mass is 15.4. The maximum absolute atomic E-state index is 4.50. The van der Waals surface area contributed by atoms with Crippen LogP contribution in [-0.4, -0.2) is 33.4 Å². The van der Waals surface area contributed by atoms with E-state index in [4.69, 9.17) is 0 Å². The van der Waals surface area contributed by atoms with Crippen LogP contribution in [0.4, 0.5) is 5.82 Å². The van der Waals surface area contributed by atoms with Crippen molar-refractivity contribution in [1.82, 2.24) is 19.8 Å². The summed E-state index contributed by atoms with van der Waals surface area (Å²) >= 11 is 0. The SMILES string of the molecule is C[C@H](CN(C)c1ccc2nncn2n1)c1ccccc1. The van der Waals surface area contributed by atoms with Gasteiger partial charge in [0, 0.05) is 13.6 Å². The van der Waals surface area contributed by atoms with Crippen LogP contribution in [0.1, 0.15) is 18.4 Å². The maximum atomic E-state index is 4.50. The fraction of sp³-hybridized carbons (Fsp3) is 0.267. The third-order valence-corrected chi connectivity index (χ3v) is 3.46. The maximum Gasteiger partial charge on any atom is 0.177 e. The van der Waals surface area contributed by atoms with E-state index < -0.39 is 0 Å². The summed E-state index contributed by atoms with van der Waals surface area (Å²) in [6.45, 7) is 3.13. The predicted octanol–water partition coefficient (Wildman–Crippen LogP) is 2.36. The normalized spacial score (nSPS) is 12.5. The van der Waals surface area contributed by atoms with Crippen molar-refractivity contribution in [3.8, 4) is 0 Å². The number of anilines is 1. The zero-order valence-corrected chi connectivity index (χ0v) is 11.6. The first kappa shape index (κ1) is 12.6. The molecule has 0 fully saturated rings. The average Bonchev–Trinajstić information content (AvgIpc) is 2.95. The molecule has 0 spiro atoms. The number of hydrogen-bond donors (Lipinski definition) is 0. The van der Waals surface area contributed by atoms with E-state index in [0.717, 1.165) is 18.0 Å². The van der Waals surface area contributed by atoms with E-state index in [-0.39, 0.29) is 0 Å². The Balaban J connectivity index is 1.76. The summed E-state index contributed by atoms with van der Waals surface area (Å²) in [6, 6.07) is 14.4. The fourth-order valence-corrected chi connectivity index (χ4v) is 2.31. The highest BCUT2D eigenvalue weighted by Crippen LogP contribution is 2.18. The van der Waals surface area contributed by atoms with Crippen LogP contribution in [0, 0.1) is 0 Å². The summed E-state index contributed by atoms with van der Waals surface area (Å²) in [4.78, 5) is 2.15. The van der Waals surface area contributed by atoms with Crippen LogP contribution in [-0.2, 0) is 0 Å². The quantitative estimate of drug-likeness (QED) is 0.728. The number of hydrogen-bond acceptors (Lipinski definition) is 4. The predicted molar refractivity (Wildman–Crippen MR) is 78.9 cm³/mol. The molecule has 0 unspecified atom stereocenters. The first-order valence-corrected chi connectivity index (χ1v) is 6.67. The van der Waals surface area contributed by atoms with Crippen LogP contribution < -0.4 is 4.90 Å². The van der Waals surface area contributed by atoms with Crippen LogP contribution in [0.5, 0.6) is 0 Å². The minimum absolute atomic E-state index is 0.444. The van der Waals surface area contributed by atoms with Gasteiger partial charge < -0.3 is 4.90 Å². The van der Waals surface area contributed by atoms with Gasteiger partial charge in [-0.1, -0.05) is 37.3 Å². The van der Waals surface area contributed by atoms with E-state index in [1.807, 2.05) is 18.2 Å². The van der Waals surface area contributed by atoms with Crippen molar-refractivity contribution < 1.29 is 0 Å². The summed E-state index contributed by atoms with van der Waals surface area (Å²) in [6.07, 6.45) is 1.62. The molecule has 2 aromatic heterocycles. The third kappa shape index (κ3) is 2.47. The van der Waals surface area contributed by atoms with Gasteiger partial charge in [0.25, 0.3) is 0 Å². The van der Waals surface area contributed by atoms with Crippen LogP contribution in [0.25, 0.3) is 5.65 Å². The molecule has 0 aliphatic carbocycles. The lowest BCUT2D eigenvalue weighted by Crippen LogP contribution is -2.24. The Kier molecular flexibility index (Phi) is 3.33. The molecule has 102 valence electrons. The number of likely N-dealkylation sites (N-methyl/N-ethyl adjacent to an activating group) is 1. The van der Waals surface area contributed by atoms with Crippen LogP contribution in [0.3, 0.4) is 0 Å². The zero-order chi connectivity index (χ0) is 13.9. The molecule has 3 aromatic rings. The fourth-order valence-electron chi connectivity index (χ4n) is 2.31. The van der Waals surface area contributed by atoms with E-state index >= 15 is 0 Å². The Morgan fingerprint density at radius 3 is 2.75 bits per heavy atom. The van der Waals surface area contributed by atoms with Gasteiger partial charge in [-0.2, -0.15) is 4.52 Å². The first-order valence-electron chi connectivity index (χ1n) is 6.67. The highest BCUT2D eigenvalue weighted by molar-refractivity contribution is 5.44. The molecule has 0 aliphatic heterocycles. The average molecular weight is 267 g/mol. The Bertz CT molecular complexity index is 692. The van der Waals surface area contributed by atoms with Crippen LogP contribution in [0.2, 0.25) is 0 Å². The number of nitrogens with zero attached hydrogens (tertiary/aromatic N) is 5. The molecule has 0 aliphatic rings. The van der Waals surface area contributed by atoms with Gasteiger partial charge in [0.15, 0.2) is 5.65 Å². The monoisotopic (exact) mass is 267 g/mol. The molecule has 0 bridgehead atoms. The second kappa shape index (κ2) is 5.28. The molecule has 5 heteroatoms. The van der Waals surface area contributed by atoms with Gasteiger partial charge in [0.05, 0.1) is 0 Å². The molecule has 3 rings (SSSR count). The van der Waals surface area contributed by atoms with Crippen molar-refractivity contribution in [3.05, 3.63) is 54.4 Å². The standard InChI is InChI=1S/C15H17N5/c1-12(13-6-4-3-5-7-13)10-19(2)15-9-8-14-17-16-11-20(14)18-15/h3-9,11-12H,10H2,1-2H3/t12-/m1/s1. The summed E-state index contributed by atoms with van der Waals surface area (Å²) in [7, 11) is 2.05. The Hall–Kier alpha value is -2.43. The van der Waals surface area contributed by atoms with Crippen molar-refractivity contribution in [2.75, 3.05) is 18.5 Å². The lowest BCUT2D eigenvalue weighted by molar-refractivity contribution is 0.718. The van der Waals surface area contributed by atoms with E-state index in [1.54, 1.807) is 10.8 Å². The van der Waals surface area contributed by atoms with Crippen LogP contribution in [0.15, 0.2) is 48.8 Å². The topological polar surface area (TPSA) is 46.3 Å². The van der Waals surface area contributed by atoms with E-state index in [1.165, 1.54) is 5.56 Å². The first-order chi connectivity index (χ1) is 9.74. The number of rotatable bonds is 4. The van der Waals surface area contributed by atoms with Crippen molar-refractivity contribution in [2.24, 2.45) is 0 Å². The highest BCUT2D eigenvalue weighted by Gasteiger charge is 2.11. The lowest BCUT2D eigenvalue weighted by atomic mass is 10.0. The summed E-state index contributed by atoms with van der Waals surface area (Å²) in [5, 5.41) is 12.3. The van der Waals surface area contributed by atoms with Gasteiger partial charge >= 0.3 is 0 Å². The molecular weight excluding hydrogens is 250 g/mol. The summed E-state index contributed by atoms with van der Waals surface area (Å²) in [5.41, 5.74) is 2.10. The van der Waals surface area contributed by atoms with E-state index in [9.17, 15) is 0 Å². The van der Waals surface area contributed by atoms with Gasteiger partial charge in [-0.15, -0.1) is 15.3 Å². The van der Waals surface area contributed by atoms with Gasteiger partial charge in [-0.05, 0) is 23.6 Å². The minimum atomic E-state index is 0.444. The largest absolute Gasteiger partial charge is 0.358 e. The molecule has 0 N–H and O–H groups in total. The summed E-state index contributed by atoms with van der Waals surface area (Å²) in [5.74, 6) is 1.36. The Labute approximate surface area is 117 Å². The lowest BCUT2D eigenvalue weighted by Gasteiger charge is -2.22. The number of aromatic nitrogens is 4. The van der Waals surface area contributed by atoms with Crippen LogP contribution >= 0.6 is 0 Å². The zero-order valence-electron chi connectivity index (χ0n) is 11.6. The van der Waals surface area contributed by atoms with Crippen molar-refractivity contribution in [1.29, 1.82) is 0 Å². The van der Waals surface area contributed by atoms with E-state index in [0.29, 0.717) is 5.92 Å². The minimum Gasteiger partial charge on any atom is -0.358 e. The molecule has 5 nitrogen and oxygen atoms in total. The Morgan fingerprint density at radius 2 is 1.95 bits per heavy atom. The van der Waals surface area contributed by atoms with Crippen molar-refractivity contribution in [3.63, 3.8) is 0 Å². The third-order valence-electron chi connectivity index (χ3n) is 3.46. The second-order valence-electron chi connectivity index (χ2n) is 5.02.